The molecule has 3 N–H and O–H groups in total. The van der Waals surface area contributed by atoms with Crippen molar-refractivity contribution >= 4 is 17.4 Å². The Morgan fingerprint density at radius 3 is 2.88 bits per heavy atom. The van der Waals surface area contributed by atoms with Gasteiger partial charge in [-0.2, -0.15) is 0 Å². The predicted octanol–water partition coefficient (Wildman–Crippen LogP) is 1.25. The van der Waals surface area contributed by atoms with Crippen molar-refractivity contribution in [2.75, 3.05) is 11.1 Å². The molecule has 1 amide bonds. The molecule has 0 atom stereocenters. The summed E-state index contributed by atoms with van der Waals surface area (Å²) in [4.78, 5) is 15.8. The first-order chi connectivity index (χ1) is 7.66. The number of rotatable bonds is 2. The van der Waals surface area contributed by atoms with E-state index in [0.717, 1.165) is 0 Å². The topological polar surface area (TPSA) is 72.9 Å². The molecular formula is C11H12N4O. The fourth-order valence-corrected chi connectivity index (χ4v) is 1.43. The largest absolute Gasteiger partial charge is 0.397 e. The fraction of sp³-hybridized carbons (Fsp3) is 0.0909. The van der Waals surface area contributed by atoms with Gasteiger partial charge in [0.15, 0.2) is 0 Å². The highest BCUT2D eigenvalue weighted by molar-refractivity contribution is 6.03. The molecule has 16 heavy (non-hydrogen) atoms. The van der Waals surface area contributed by atoms with E-state index in [9.17, 15) is 4.79 Å². The van der Waals surface area contributed by atoms with Crippen LogP contribution in [0.25, 0.3) is 0 Å². The number of carbonyl (C=O) groups excluding carboxylic acids is 1. The third-order valence-corrected chi connectivity index (χ3v) is 2.17. The van der Waals surface area contributed by atoms with Crippen molar-refractivity contribution in [3.63, 3.8) is 0 Å². The molecule has 0 bridgehead atoms. The zero-order valence-electron chi connectivity index (χ0n) is 8.84. The molecule has 82 valence electrons. The zero-order chi connectivity index (χ0) is 11.5. The average molecular weight is 216 g/mol. The molecule has 0 spiro atoms. The van der Waals surface area contributed by atoms with Crippen LogP contribution in [0.4, 0.5) is 11.5 Å². The minimum atomic E-state index is -0.224. The summed E-state index contributed by atoms with van der Waals surface area (Å²) in [6.07, 6.45) is 3.31. The number of nitrogen functional groups attached to an aromatic ring is 1. The van der Waals surface area contributed by atoms with Crippen molar-refractivity contribution in [2.24, 2.45) is 7.05 Å². The Kier molecular flexibility index (Phi) is 2.59. The summed E-state index contributed by atoms with van der Waals surface area (Å²) in [7, 11) is 1.77. The van der Waals surface area contributed by atoms with Crippen molar-refractivity contribution in [1.29, 1.82) is 0 Å². The minimum Gasteiger partial charge on any atom is -0.397 e. The number of amides is 1. The third kappa shape index (κ3) is 2.03. The van der Waals surface area contributed by atoms with Gasteiger partial charge in [-0.1, -0.05) is 6.07 Å². The number of nitrogens with two attached hydrogens (primary N) is 1. The summed E-state index contributed by atoms with van der Waals surface area (Å²) >= 11 is 0. The van der Waals surface area contributed by atoms with Crippen molar-refractivity contribution in [3.05, 3.63) is 42.4 Å². The van der Waals surface area contributed by atoms with E-state index in [4.69, 9.17) is 5.73 Å². The fourth-order valence-electron chi connectivity index (χ4n) is 1.43. The Morgan fingerprint density at radius 2 is 2.31 bits per heavy atom. The van der Waals surface area contributed by atoms with Crippen molar-refractivity contribution < 1.29 is 4.79 Å². The lowest BCUT2D eigenvalue weighted by molar-refractivity contribution is 0.101. The maximum absolute atomic E-state index is 11.8. The third-order valence-electron chi connectivity index (χ3n) is 2.17. The molecule has 0 aliphatic rings. The first-order valence-corrected chi connectivity index (χ1v) is 4.81. The van der Waals surface area contributed by atoms with Gasteiger partial charge in [0.2, 0.25) is 0 Å². The number of hydrogen-bond acceptors (Lipinski definition) is 3. The number of hydrogen-bond donors (Lipinski definition) is 2. The van der Waals surface area contributed by atoms with Crippen LogP contribution in [-0.2, 0) is 7.05 Å². The Hall–Kier alpha value is -2.30. The highest BCUT2D eigenvalue weighted by Gasteiger charge is 2.10. The standard InChI is InChI=1S/C11H12N4O/c1-15-7-8(12)6-9(15)11(16)14-10-4-2-3-5-13-10/h2-7H,12H2,1H3,(H,13,14,16). The quantitative estimate of drug-likeness (QED) is 0.793. The van der Waals surface area contributed by atoms with Crippen LogP contribution in [0, 0.1) is 0 Å². The number of aromatic nitrogens is 2. The second kappa shape index (κ2) is 4.06. The minimum absolute atomic E-state index is 0.224. The van der Waals surface area contributed by atoms with Gasteiger partial charge in [-0.05, 0) is 18.2 Å². The number of nitrogens with zero attached hydrogens (tertiary/aromatic N) is 2. The first kappa shape index (κ1) is 10.2. The molecule has 0 unspecified atom stereocenters. The lowest BCUT2D eigenvalue weighted by Gasteiger charge is -2.04. The summed E-state index contributed by atoms with van der Waals surface area (Å²) in [6, 6.07) is 6.95. The highest BCUT2D eigenvalue weighted by Crippen LogP contribution is 2.10. The van der Waals surface area contributed by atoms with E-state index in [1.165, 1.54) is 0 Å². The van der Waals surface area contributed by atoms with Crippen LogP contribution < -0.4 is 11.1 Å². The average Bonchev–Trinajstić information content (AvgIpc) is 2.59. The Morgan fingerprint density at radius 1 is 1.50 bits per heavy atom. The van der Waals surface area contributed by atoms with Crippen molar-refractivity contribution in [1.82, 2.24) is 9.55 Å². The summed E-state index contributed by atoms with van der Waals surface area (Å²) in [5.41, 5.74) is 6.66. The van der Waals surface area contributed by atoms with Crippen LogP contribution in [0.2, 0.25) is 0 Å². The van der Waals surface area contributed by atoms with Gasteiger partial charge in [0.25, 0.3) is 5.91 Å². The molecule has 0 saturated heterocycles. The van der Waals surface area contributed by atoms with Crippen LogP contribution >= 0.6 is 0 Å². The molecule has 0 radical (unpaired) electrons. The summed E-state index contributed by atoms with van der Waals surface area (Å²) in [6.45, 7) is 0. The van der Waals surface area contributed by atoms with E-state index in [2.05, 4.69) is 10.3 Å². The maximum atomic E-state index is 11.8. The molecule has 2 heterocycles. The summed E-state index contributed by atoms with van der Waals surface area (Å²) in [5.74, 6) is 0.296. The Bertz CT molecular complexity index is 504. The van der Waals surface area contributed by atoms with Gasteiger partial charge in [-0.25, -0.2) is 4.98 Å². The summed E-state index contributed by atoms with van der Waals surface area (Å²) < 4.78 is 1.67. The van der Waals surface area contributed by atoms with Crippen LogP contribution in [-0.4, -0.2) is 15.5 Å². The molecule has 0 aromatic carbocycles. The number of anilines is 2. The number of aryl methyl sites for hydroxylation is 1. The number of nitrogens with one attached hydrogen (secondary N) is 1. The van der Waals surface area contributed by atoms with E-state index in [-0.39, 0.29) is 5.91 Å². The SMILES string of the molecule is Cn1cc(N)cc1C(=O)Nc1ccccn1. The Labute approximate surface area is 92.9 Å². The highest BCUT2D eigenvalue weighted by atomic mass is 16.2. The van der Waals surface area contributed by atoms with E-state index < -0.39 is 0 Å². The lowest BCUT2D eigenvalue weighted by Crippen LogP contribution is -2.15. The van der Waals surface area contributed by atoms with Gasteiger partial charge < -0.3 is 15.6 Å². The molecule has 5 heteroatoms. The van der Waals surface area contributed by atoms with Gasteiger partial charge >= 0.3 is 0 Å². The number of pyridine rings is 1. The predicted molar refractivity (Wildman–Crippen MR) is 62.0 cm³/mol. The van der Waals surface area contributed by atoms with E-state index >= 15 is 0 Å². The molecule has 2 aromatic heterocycles. The van der Waals surface area contributed by atoms with Crippen LogP contribution in [0.1, 0.15) is 10.5 Å². The Balaban J connectivity index is 2.18. The summed E-state index contributed by atoms with van der Waals surface area (Å²) in [5, 5.41) is 2.69. The molecular weight excluding hydrogens is 204 g/mol. The van der Waals surface area contributed by atoms with E-state index in [0.29, 0.717) is 17.2 Å². The van der Waals surface area contributed by atoms with E-state index in [1.807, 2.05) is 6.07 Å². The molecule has 2 aromatic rings. The smallest absolute Gasteiger partial charge is 0.273 e. The monoisotopic (exact) mass is 216 g/mol. The molecule has 0 fully saturated rings. The second-order valence-corrected chi connectivity index (χ2v) is 3.44. The van der Waals surface area contributed by atoms with Gasteiger partial charge in [-0.3, -0.25) is 4.79 Å². The molecule has 0 aliphatic heterocycles. The van der Waals surface area contributed by atoms with Crippen LogP contribution in [0.5, 0.6) is 0 Å². The zero-order valence-corrected chi connectivity index (χ0v) is 8.84. The van der Waals surface area contributed by atoms with Crippen LogP contribution in [0.15, 0.2) is 36.7 Å². The normalized spacial score (nSPS) is 10.1. The van der Waals surface area contributed by atoms with Gasteiger partial charge in [0.1, 0.15) is 11.5 Å². The van der Waals surface area contributed by atoms with Crippen LogP contribution in [0.3, 0.4) is 0 Å². The number of carbonyl (C=O) groups is 1. The van der Waals surface area contributed by atoms with Crippen molar-refractivity contribution in [2.45, 2.75) is 0 Å². The van der Waals surface area contributed by atoms with Gasteiger partial charge in [0.05, 0.1) is 5.69 Å². The maximum Gasteiger partial charge on any atom is 0.273 e. The van der Waals surface area contributed by atoms with E-state index in [1.54, 1.807) is 42.2 Å². The molecule has 0 aliphatic carbocycles. The molecule has 5 nitrogen and oxygen atoms in total. The lowest BCUT2D eigenvalue weighted by atomic mass is 10.3. The second-order valence-electron chi connectivity index (χ2n) is 3.44. The molecule has 2 rings (SSSR count). The van der Waals surface area contributed by atoms with Crippen molar-refractivity contribution in [3.8, 4) is 0 Å². The first-order valence-electron chi connectivity index (χ1n) is 4.81. The molecule has 0 saturated carbocycles. The van der Waals surface area contributed by atoms with Gasteiger partial charge in [-0.15, -0.1) is 0 Å². The van der Waals surface area contributed by atoms with Gasteiger partial charge in [0, 0.05) is 19.4 Å².